The SMILES string of the molecule is CC(=O)c1ccc(NC(=O)[C@@H](C)Sc2nc(-c3ccc(C)cc3)cc(-c3ccc(Cl)cc3)c2C#N)cc1. The number of benzene rings is 3. The first kappa shape index (κ1) is 26.2. The molecule has 0 spiro atoms. The van der Waals surface area contributed by atoms with Gasteiger partial charge in [-0.15, -0.1) is 0 Å². The Labute approximate surface area is 225 Å². The van der Waals surface area contributed by atoms with E-state index >= 15 is 0 Å². The van der Waals surface area contributed by atoms with Gasteiger partial charge in [0.25, 0.3) is 0 Å². The number of nitrogens with zero attached hydrogens (tertiary/aromatic N) is 2. The van der Waals surface area contributed by atoms with Gasteiger partial charge < -0.3 is 5.32 Å². The molecule has 1 aromatic heterocycles. The molecule has 0 aliphatic heterocycles. The average molecular weight is 526 g/mol. The van der Waals surface area contributed by atoms with Gasteiger partial charge >= 0.3 is 0 Å². The Morgan fingerprint density at radius 3 is 2.19 bits per heavy atom. The van der Waals surface area contributed by atoms with Crippen LogP contribution in [0.25, 0.3) is 22.4 Å². The summed E-state index contributed by atoms with van der Waals surface area (Å²) in [6.45, 7) is 5.28. The van der Waals surface area contributed by atoms with Gasteiger partial charge in [0.05, 0.1) is 16.5 Å². The van der Waals surface area contributed by atoms with Crippen LogP contribution in [-0.2, 0) is 4.79 Å². The molecular weight excluding hydrogens is 502 g/mol. The van der Waals surface area contributed by atoms with E-state index in [1.807, 2.05) is 49.4 Å². The highest BCUT2D eigenvalue weighted by molar-refractivity contribution is 8.00. The lowest BCUT2D eigenvalue weighted by Gasteiger charge is -2.16. The summed E-state index contributed by atoms with van der Waals surface area (Å²) in [5, 5.41) is 13.5. The summed E-state index contributed by atoms with van der Waals surface area (Å²) in [7, 11) is 0. The number of amides is 1. The summed E-state index contributed by atoms with van der Waals surface area (Å²) in [4.78, 5) is 29.3. The van der Waals surface area contributed by atoms with Gasteiger partial charge in [0.15, 0.2) is 5.78 Å². The van der Waals surface area contributed by atoms with E-state index in [9.17, 15) is 14.9 Å². The molecule has 1 N–H and O–H groups in total. The Balaban J connectivity index is 1.69. The van der Waals surface area contributed by atoms with Crippen molar-refractivity contribution in [2.45, 2.75) is 31.0 Å². The molecule has 1 amide bonds. The number of Topliss-reactive ketones (excluding diaryl/α,β-unsaturated/α-hetero) is 1. The van der Waals surface area contributed by atoms with Crippen LogP contribution in [0.5, 0.6) is 0 Å². The normalized spacial score (nSPS) is 11.4. The highest BCUT2D eigenvalue weighted by Gasteiger charge is 2.21. The van der Waals surface area contributed by atoms with Crippen LogP contribution in [0.3, 0.4) is 0 Å². The molecule has 0 aliphatic carbocycles. The first-order chi connectivity index (χ1) is 17.7. The van der Waals surface area contributed by atoms with Gasteiger partial charge in [0.1, 0.15) is 11.1 Å². The number of carbonyl (C=O) groups is 2. The fourth-order valence-electron chi connectivity index (χ4n) is 3.70. The van der Waals surface area contributed by atoms with Crippen molar-refractivity contribution >= 4 is 40.7 Å². The van der Waals surface area contributed by atoms with Crippen molar-refractivity contribution in [2.75, 3.05) is 5.32 Å². The van der Waals surface area contributed by atoms with Crippen LogP contribution >= 0.6 is 23.4 Å². The number of hydrogen-bond acceptors (Lipinski definition) is 5. The number of aromatic nitrogens is 1. The molecule has 0 fully saturated rings. The number of ketones is 1. The number of nitrogens with one attached hydrogen (secondary N) is 1. The van der Waals surface area contributed by atoms with Crippen LogP contribution in [0.15, 0.2) is 83.9 Å². The van der Waals surface area contributed by atoms with Gasteiger partial charge in [-0.25, -0.2) is 4.98 Å². The molecule has 184 valence electrons. The lowest BCUT2D eigenvalue weighted by Crippen LogP contribution is -2.22. The van der Waals surface area contributed by atoms with E-state index in [1.54, 1.807) is 43.3 Å². The van der Waals surface area contributed by atoms with Crippen molar-refractivity contribution < 1.29 is 9.59 Å². The summed E-state index contributed by atoms with van der Waals surface area (Å²) in [6.07, 6.45) is 0. The van der Waals surface area contributed by atoms with Crippen LogP contribution in [0, 0.1) is 18.3 Å². The molecular formula is C30H24ClN3O2S. The van der Waals surface area contributed by atoms with E-state index < -0.39 is 5.25 Å². The number of nitriles is 1. The molecule has 0 aliphatic rings. The number of rotatable bonds is 7. The first-order valence-electron chi connectivity index (χ1n) is 11.6. The van der Waals surface area contributed by atoms with Gasteiger partial charge in [-0.3, -0.25) is 9.59 Å². The van der Waals surface area contributed by atoms with Gasteiger partial charge in [0, 0.05) is 27.4 Å². The Hall–Kier alpha value is -3.92. The molecule has 1 heterocycles. The predicted octanol–water partition coefficient (Wildman–Crippen LogP) is 7.57. The molecule has 1 atom stereocenters. The number of thioether (sulfide) groups is 1. The third kappa shape index (κ3) is 6.26. The van der Waals surface area contributed by atoms with Crippen LogP contribution in [-0.4, -0.2) is 21.9 Å². The van der Waals surface area contributed by atoms with Crippen LogP contribution in [0.4, 0.5) is 5.69 Å². The summed E-state index contributed by atoms with van der Waals surface area (Å²) in [6, 6.07) is 26.2. The minimum atomic E-state index is -0.543. The van der Waals surface area contributed by atoms with Crippen molar-refractivity contribution in [1.82, 2.24) is 4.98 Å². The molecule has 3 aromatic carbocycles. The van der Waals surface area contributed by atoms with E-state index in [4.69, 9.17) is 16.6 Å². The van der Waals surface area contributed by atoms with E-state index in [0.29, 0.717) is 32.6 Å². The van der Waals surface area contributed by atoms with E-state index in [2.05, 4.69) is 11.4 Å². The summed E-state index contributed by atoms with van der Waals surface area (Å²) in [5.74, 6) is -0.276. The summed E-state index contributed by atoms with van der Waals surface area (Å²) in [5.41, 5.74) is 5.87. The maximum Gasteiger partial charge on any atom is 0.237 e. The molecule has 0 saturated carbocycles. The number of halogens is 1. The second kappa shape index (κ2) is 11.4. The van der Waals surface area contributed by atoms with Gasteiger partial charge in [-0.05, 0) is 68.8 Å². The van der Waals surface area contributed by atoms with Crippen molar-refractivity contribution in [3.8, 4) is 28.5 Å². The predicted molar refractivity (Wildman–Crippen MR) is 150 cm³/mol. The zero-order valence-corrected chi connectivity index (χ0v) is 22.2. The Morgan fingerprint density at radius 2 is 1.59 bits per heavy atom. The zero-order chi connectivity index (χ0) is 26.5. The van der Waals surface area contributed by atoms with E-state index in [-0.39, 0.29) is 11.7 Å². The Bertz CT molecular complexity index is 1490. The number of hydrogen-bond donors (Lipinski definition) is 1. The highest BCUT2D eigenvalue weighted by atomic mass is 35.5. The zero-order valence-electron chi connectivity index (χ0n) is 20.6. The van der Waals surface area contributed by atoms with E-state index in [0.717, 1.165) is 22.3 Å². The van der Waals surface area contributed by atoms with Crippen molar-refractivity contribution in [3.05, 3.63) is 101 Å². The maximum absolute atomic E-state index is 13.0. The van der Waals surface area contributed by atoms with Crippen LogP contribution < -0.4 is 5.32 Å². The lowest BCUT2D eigenvalue weighted by molar-refractivity contribution is -0.115. The third-order valence-corrected chi connectivity index (χ3v) is 7.16. The molecule has 37 heavy (non-hydrogen) atoms. The number of carbonyl (C=O) groups excluding carboxylic acids is 2. The fourth-order valence-corrected chi connectivity index (χ4v) is 4.75. The Kier molecular flexibility index (Phi) is 8.08. The third-order valence-electron chi connectivity index (χ3n) is 5.82. The topological polar surface area (TPSA) is 82.8 Å². The van der Waals surface area contributed by atoms with Crippen molar-refractivity contribution in [2.24, 2.45) is 0 Å². The minimum Gasteiger partial charge on any atom is -0.325 e. The molecule has 0 radical (unpaired) electrons. The second-order valence-electron chi connectivity index (χ2n) is 8.60. The lowest BCUT2D eigenvalue weighted by atomic mass is 9.99. The van der Waals surface area contributed by atoms with Crippen molar-refractivity contribution in [3.63, 3.8) is 0 Å². The molecule has 4 aromatic rings. The van der Waals surface area contributed by atoms with Gasteiger partial charge in [0.2, 0.25) is 5.91 Å². The number of aryl methyl sites for hydroxylation is 1. The summed E-state index contributed by atoms with van der Waals surface area (Å²) < 4.78 is 0. The molecule has 0 bridgehead atoms. The first-order valence-corrected chi connectivity index (χ1v) is 12.9. The number of pyridine rings is 1. The molecule has 0 saturated heterocycles. The summed E-state index contributed by atoms with van der Waals surface area (Å²) >= 11 is 7.33. The minimum absolute atomic E-state index is 0.0399. The van der Waals surface area contributed by atoms with Crippen molar-refractivity contribution in [1.29, 1.82) is 5.26 Å². The monoisotopic (exact) mass is 525 g/mol. The van der Waals surface area contributed by atoms with Crippen LogP contribution in [0.1, 0.15) is 35.3 Å². The number of anilines is 1. The van der Waals surface area contributed by atoms with E-state index in [1.165, 1.54) is 18.7 Å². The molecule has 4 rings (SSSR count). The highest BCUT2D eigenvalue weighted by Crippen LogP contribution is 2.36. The maximum atomic E-state index is 13.0. The largest absolute Gasteiger partial charge is 0.325 e. The standard InChI is InChI=1S/C30H24ClN3O2S/c1-18-4-6-23(7-5-18)28-16-26(22-8-12-24(31)13-9-22)27(17-32)30(34-28)37-20(3)29(36)33-25-14-10-21(11-15-25)19(2)35/h4-16,20H,1-3H3,(H,33,36)/t20-/m1/s1. The molecule has 7 heteroatoms. The smallest absolute Gasteiger partial charge is 0.237 e. The van der Waals surface area contributed by atoms with Gasteiger partial charge in [-0.2, -0.15) is 5.26 Å². The molecule has 5 nitrogen and oxygen atoms in total. The van der Waals surface area contributed by atoms with Gasteiger partial charge in [-0.1, -0.05) is 65.3 Å². The Morgan fingerprint density at radius 1 is 0.973 bits per heavy atom. The quantitative estimate of drug-likeness (QED) is 0.199. The van der Waals surface area contributed by atoms with Crippen LogP contribution in [0.2, 0.25) is 5.02 Å². The fraction of sp³-hybridized carbons (Fsp3) is 0.133. The second-order valence-corrected chi connectivity index (χ2v) is 10.4. The average Bonchev–Trinajstić information content (AvgIpc) is 2.89. The molecule has 0 unspecified atom stereocenters.